The fourth-order valence-electron chi connectivity index (χ4n) is 4.79. The van der Waals surface area contributed by atoms with Crippen LogP contribution in [0.25, 0.3) is 0 Å². The van der Waals surface area contributed by atoms with E-state index in [4.69, 9.17) is 11.6 Å². The summed E-state index contributed by atoms with van der Waals surface area (Å²) in [6.45, 7) is 8.93. The number of carbonyl (C=O) groups is 1. The standard InChI is InChI=1S/C21H33ClN2O/c1-5-17-11-14-24(4)19(6-2)21(17,3)12-13-23-20(25)15-16-9-7-8-10-18(16)22/h7-10,17,19H,5-6,11-15H2,1-4H3,(H,23,25). The fraction of sp³-hybridized carbons (Fsp3) is 0.667. The van der Waals surface area contributed by atoms with Crippen molar-refractivity contribution in [1.82, 2.24) is 10.2 Å². The number of rotatable bonds is 7. The van der Waals surface area contributed by atoms with Crippen LogP contribution in [0, 0.1) is 11.3 Å². The van der Waals surface area contributed by atoms with Crippen LogP contribution >= 0.6 is 11.6 Å². The molecule has 1 fully saturated rings. The molecule has 3 atom stereocenters. The molecule has 1 aromatic carbocycles. The van der Waals surface area contributed by atoms with Gasteiger partial charge in [-0.05, 0) is 55.8 Å². The van der Waals surface area contributed by atoms with Crippen LogP contribution in [0.4, 0.5) is 0 Å². The first-order valence-corrected chi connectivity index (χ1v) is 10.0. The zero-order valence-electron chi connectivity index (χ0n) is 16.1. The average molecular weight is 365 g/mol. The van der Waals surface area contributed by atoms with Gasteiger partial charge >= 0.3 is 0 Å². The van der Waals surface area contributed by atoms with Crippen molar-refractivity contribution in [3.63, 3.8) is 0 Å². The van der Waals surface area contributed by atoms with E-state index in [-0.39, 0.29) is 11.3 Å². The lowest BCUT2D eigenvalue weighted by Gasteiger charge is -2.52. The van der Waals surface area contributed by atoms with E-state index < -0.39 is 0 Å². The third kappa shape index (κ3) is 4.77. The minimum Gasteiger partial charge on any atom is -0.356 e. The number of benzene rings is 1. The van der Waals surface area contributed by atoms with Crippen LogP contribution in [0.15, 0.2) is 24.3 Å². The molecule has 0 aliphatic carbocycles. The molecule has 3 nitrogen and oxygen atoms in total. The smallest absolute Gasteiger partial charge is 0.224 e. The summed E-state index contributed by atoms with van der Waals surface area (Å²) in [4.78, 5) is 14.8. The Kier molecular flexibility index (Phi) is 7.33. The topological polar surface area (TPSA) is 32.3 Å². The Hall–Kier alpha value is -1.06. The van der Waals surface area contributed by atoms with Gasteiger partial charge in [0, 0.05) is 17.6 Å². The number of halogens is 1. The van der Waals surface area contributed by atoms with Crippen molar-refractivity contribution in [3.05, 3.63) is 34.9 Å². The predicted octanol–water partition coefficient (Wildman–Crippen LogP) is 4.54. The highest BCUT2D eigenvalue weighted by Gasteiger charge is 2.44. The van der Waals surface area contributed by atoms with Crippen molar-refractivity contribution in [2.45, 2.75) is 58.9 Å². The van der Waals surface area contributed by atoms with Gasteiger partial charge in [-0.25, -0.2) is 0 Å². The van der Waals surface area contributed by atoms with Gasteiger partial charge in [-0.3, -0.25) is 4.79 Å². The molecule has 0 spiro atoms. The Labute approximate surface area is 158 Å². The van der Waals surface area contributed by atoms with Crippen LogP contribution in [-0.4, -0.2) is 37.0 Å². The van der Waals surface area contributed by atoms with E-state index in [0.29, 0.717) is 17.5 Å². The molecule has 1 N–H and O–H groups in total. The molecule has 1 aromatic rings. The lowest BCUT2D eigenvalue weighted by Crippen LogP contribution is -2.54. The molecule has 1 amide bonds. The average Bonchev–Trinajstić information content (AvgIpc) is 2.57. The maximum absolute atomic E-state index is 12.3. The second-order valence-corrected chi connectivity index (χ2v) is 8.08. The van der Waals surface area contributed by atoms with E-state index in [2.05, 4.69) is 38.0 Å². The second kappa shape index (κ2) is 9.05. The molecule has 1 saturated heterocycles. The van der Waals surface area contributed by atoms with Crippen molar-refractivity contribution in [2.24, 2.45) is 11.3 Å². The van der Waals surface area contributed by atoms with Crippen molar-refractivity contribution in [3.8, 4) is 0 Å². The van der Waals surface area contributed by atoms with Crippen molar-refractivity contribution in [1.29, 1.82) is 0 Å². The number of piperidine rings is 1. The molecule has 3 unspecified atom stereocenters. The zero-order valence-corrected chi connectivity index (χ0v) is 16.9. The van der Waals surface area contributed by atoms with Crippen LogP contribution < -0.4 is 5.32 Å². The highest BCUT2D eigenvalue weighted by Crippen LogP contribution is 2.45. The monoisotopic (exact) mass is 364 g/mol. The molecule has 140 valence electrons. The summed E-state index contributed by atoms with van der Waals surface area (Å²) in [5.41, 5.74) is 1.15. The first-order chi connectivity index (χ1) is 11.9. The second-order valence-electron chi connectivity index (χ2n) is 7.67. The Balaban J connectivity index is 1.93. The predicted molar refractivity (Wildman–Crippen MR) is 106 cm³/mol. The highest BCUT2D eigenvalue weighted by molar-refractivity contribution is 6.31. The fourth-order valence-corrected chi connectivity index (χ4v) is 4.99. The molecule has 0 bridgehead atoms. The van der Waals surface area contributed by atoms with E-state index in [0.717, 1.165) is 30.9 Å². The van der Waals surface area contributed by atoms with Crippen molar-refractivity contribution >= 4 is 17.5 Å². The van der Waals surface area contributed by atoms with Crippen molar-refractivity contribution < 1.29 is 4.79 Å². The Morgan fingerprint density at radius 3 is 2.68 bits per heavy atom. The normalized spacial score (nSPS) is 27.2. The van der Waals surface area contributed by atoms with Gasteiger partial charge in [-0.15, -0.1) is 0 Å². The molecule has 1 heterocycles. The molecule has 4 heteroatoms. The summed E-state index contributed by atoms with van der Waals surface area (Å²) in [5.74, 6) is 0.788. The minimum atomic E-state index is 0.0574. The molecule has 25 heavy (non-hydrogen) atoms. The Morgan fingerprint density at radius 2 is 2.04 bits per heavy atom. The number of hydrogen-bond donors (Lipinski definition) is 1. The molecular formula is C21H33ClN2O. The molecule has 2 rings (SSSR count). The molecular weight excluding hydrogens is 332 g/mol. The third-order valence-electron chi connectivity index (χ3n) is 6.23. The van der Waals surface area contributed by atoms with Gasteiger partial charge in [-0.1, -0.05) is 57.0 Å². The van der Waals surface area contributed by atoms with E-state index in [1.54, 1.807) is 0 Å². The Morgan fingerprint density at radius 1 is 1.32 bits per heavy atom. The summed E-state index contributed by atoms with van der Waals surface area (Å²) in [5, 5.41) is 3.78. The van der Waals surface area contributed by atoms with Crippen LogP contribution in [0.5, 0.6) is 0 Å². The zero-order chi connectivity index (χ0) is 18.4. The molecule has 0 saturated carbocycles. The third-order valence-corrected chi connectivity index (χ3v) is 6.60. The first kappa shape index (κ1) is 20.3. The number of nitrogens with zero attached hydrogens (tertiary/aromatic N) is 1. The molecule has 0 aromatic heterocycles. The SMILES string of the molecule is CCC1CCN(C)C(CC)C1(C)CCNC(=O)Cc1ccccc1Cl. The maximum atomic E-state index is 12.3. The van der Waals surface area contributed by atoms with Crippen LogP contribution in [0.1, 0.15) is 52.0 Å². The summed E-state index contributed by atoms with van der Waals surface area (Å²) in [6.07, 6.45) is 5.02. The van der Waals surface area contributed by atoms with Gasteiger partial charge in [0.25, 0.3) is 0 Å². The van der Waals surface area contributed by atoms with Crippen molar-refractivity contribution in [2.75, 3.05) is 20.1 Å². The van der Waals surface area contributed by atoms with E-state index in [9.17, 15) is 4.79 Å². The lowest BCUT2D eigenvalue weighted by atomic mass is 9.63. The van der Waals surface area contributed by atoms with Gasteiger partial charge in [0.15, 0.2) is 0 Å². The Bertz CT molecular complexity index is 577. The van der Waals surface area contributed by atoms with E-state index in [1.807, 2.05) is 24.3 Å². The summed E-state index contributed by atoms with van der Waals surface area (Å²) >= 11 is 6.15. The van der Waals surface area contributed by atoms with Crippen LogP contribution in [0.3, 0.4) is 0 Å². The van der Waals surface area contributed by atoms with Gasteiger partial charge in [0.05, 0.1) is 6.42 Å². The molecule has 1 aliphatic heterocycles. The van der Waals surface area contributed by atoms with E-state index in [1.165, 1.54) is 19.4 Å². The molecule has 1 aliphatic rings. The number of carbonyl (C=O) groups excluding carboxylic acids is 1. The van der Waals surface area contributed by atoms with Gasteiger partial charge in [-0.2, -0.15) is 0 Å². The molecule has 0 radical (unpaired) electrons. The van der Waals surface area contributed by atoms with Gasteiger partial charge in [0.2, 0.25) is 5.91 Å². The summed E-state index contributed by atoms with van der Waals surface area (Å²) in [7, 11) is 2.24. The summed E-state index contributed by atoms with van der Waals surface area (Å²) in [6, 6.07) is 8.15. The minimum absolute atomic E-state index is 0.0574. The van der Waals surface area contributed by atoms with Gasteiger partial charge < -0.3 is 10.2 Å². The van der Waals surface area contributed by atoms with Gasteiger partial charge in [0.1, 0.15) is 0 Å². The highest BCUT2D eigenvalue weighted by atomic mass is 35.5. The summed E-state index contributed by atoms with van der Waals surface area (Å²) < 4.78 is 0. The lowest BCUT2D eigenvalue weighted by molar-refractivity contribution is -0.120. The van der Waals surface area contributed by atoms with E-state index >= 15 is 0 Å². The van der Waals surface area contributed by atoms with Crippen LogP contribution in [0.2, 0.25) is 5.02 Å². The number of hydrogen-bond acceptors (Lipinski definition) is 2. The number of nitrogens with one attached hydrogen (secondary N) is 1. The number of likely N-dealkylation sites (tertiary alicyclic amines) is 1. The number of amides is 1. The first-order valence-electron chi connectivity index (χ1n) is 9.62. The van der Waals surface area contributed by atoms with Crippen LogP contribution in [-0.2, 0) is 11.2 Å². The maximum Gasteiger partial charge on any atom is 0.224 e. The largest absolute Gasteiger partial charge is 0.356 e. The quantitative estimate of drug-likeness (QED) is 0.770.